The van der Waals surface area contributed by atoms with E-state index >= 15 is 0 Å². The van der Waals surface area contributed by atoms with Gasteiger partial charge in [0.15, 0.2) is 28.8 Å². The molecule has 63 heavy (non-hydrogen) atoms. The molecule has 2 saturated carbocycles. The number of aliphatic hydroxyl groups is 1. The van der Waals surface area contributed by atoms with E-state index in [1.54, 1.807) is 36.3 Å². The highest BCUT2D eigenvalue weighted by molar-refractivity contribution is 6.09. The Labute approximate surface area is 366 Å². The van der Waals surface area contributed by atoms with Crippen molar-refractivity contribution in [2.24, 2.45) is 23.7 Å². The van der Waals surface area contributed by atoms with Crippen molar-refractivity contribution < 1.29 is 57.4 Å². The van der Waals surface area contributed by atoms with E-state index in [0.717, 1.165) is 23.3 Å². The molecule has 8 rings (SSSR count). The van der Waals surface area contributed by atoms with Crippen molar-refractivity contribution >= 4 is 40.8 Å². The lowest BCUT2D eigenvalue weighted by atomic mass is 9.84. The van der Waals surface area contributed by atoms with Gasteiger partial charge in [0, 0.05) is 35.7 Å². The number of nitrogens with zero attached hydrogens (tertiary/aromatic N) is 3. The lowest BCUT2D eigenvalue weighted by Crippen LogP contribution is -2.46. The second-order valence-electron chi connectivity index (χ2n) is 16.3. The van der Waals surface area contributed by atoms with Gasteiger partial charge in [0.1, 0.15) is 25.2 Å². The molecule has 332 valence electrons. The Morgan fingerprint density at radius 3 is 2.02 bits per heavy atom. The molecule has 3 heterocycles. The molecule has 0 bridgehead atoms. The first kappa shape index (κ1) is 43.2. The predicted octanol–water partition coefficient (Wildman–Crippen LogP) is 7.65. The number of fused-ring (bicyclic) bond motifs is 6. The van der Waals surface area contributed by atoms with Gasteiger partial charge in [0.2, 0.25) is 0 Å². The summed E-state index contributed by atoms with van der Waals surface area (Å²) in [6.07, 6.45) is 6.20. The number of methoxy groups -OCH3 is 3. The summed E-state index contributed by atoms with van der Waals surface area (Å²) in [5.41, 5.74) is 3.03. The normalized spacial score (nSPS) is 22.8. The van der Waals surface area contributed by atoms with Gasteiger partial charge in [-0.15, -0.1) is 0 Å². The van der Waals surface area contributed by atoms with Crippen LogP contribution in [0.15, 0.2) is 80.0 Å². The van der Waals surface area contributed by atoms with Crippen LogP contribution in [-0.2, 0) is 9.47 Å². The van der Waals surface area contributed by atoms with Crippen LogP contribution >= 0.6 is 0 Å². The maximum Gasteiger partial charge on any atom is 0.416 e. The molecule has 2 fully saturated rings. The Morgan fingerprint density at radius 2 is 1.38 bits per heavy atom. The fraction of sp³-hybridized carbons (Fsp3) is 0.417. The predicted molar refractivity (Wildman–Crippen MR) is 233 cm³/mol. The Kier molecular flexibility index (Phi) is 12.7. The van der Waals surface area contributed by atoms with E-state index in [2.05, 4.69) is 13.2 Å². The highest BCUT2D eigenvalue weighted by Gasteiger charge is 2.61. The number of carbonyl (C=O) groups is 4. The first-order valence-electron chi connectivity index (χ1n) is 21.3. The molecule has 2 unspecified atom stereocenters. The van der Waals surface area contributed by atoms with Gasteiger partial charge in [0.05, 0.1) is 64.1 Å². The number of aliphatic hydroxyl groups excluding tert-OH is 1. The Balaban J connectivity index is 0.937. The number of carbonyl (C=O) groups excluding carboxylic acids is 4. The fourth-order valence-corrected chi connectivity index (χ4v) is 9.47. The lowest BCUT2D eigenvalue weighted by molar-refractivity contribution is 0.0575. The standard InChI is InChI=1S/C48H53N3O12/c1-6-15-62-47(55)50-27-31-19-30(28-11-13-32(57-3)14-12-28)26-49(31)45(53)35-23-40(59-5)41(24-37(35)50)60-17-9-8-10-18-61-42-25-38-34(22-39(42)58-4)44(52)43-33-20-29(33)21-36(43)46(54)51(38)48(56)63-16-7-2/h6-7,11-14,22-26,29,31,33,36,43,46,54H,1-2,8-10,15-21,27H2,3-5H3/t29-,31-,33-,36+,43?,46?/m0/s1. The number of hydrogen-bond acceptors (Lipinski definition) is 12. The average Bonchev–Trinajstić information content (AvgIpc) is 3.82. The highest BCUT2D eigenvalue weighted by atomic mass is 16.6. The largest absolute Gasteiger partial charge is 0.497 e. The van der Waals surface area contributed by atoms with Gasteiger partial charge in [-0.2, -0.15) is 0 Å². The second-order valence-corrected chi connectivity index (χ2v) is 16.3. The molecule has 6 atom stereocenters. The Hall–Kier alpha value is -6.48. The number of ether oxygens (including phenoxy) is 7. The van der Waals surface area contributed by atoms with E-state index in [-0.39, 0.29) is 72.7 Å². The van der Waals surface area contributed by atoms with E-state index in [4.69, 9.17) is 33.2 Å². The minimum atomic E-state index is -1.24. The van der Waals surface area contributed by atoms with E-state index in [9.17, 15) is 24.3 Å². The van der Waals surface area contributed by atoms with Crippen molar-refractivity contribution in [3.05, 3.63) is 96.7 Å². The maximum absolute atomic E-state index is 14.2. The monoisotopic (exact) mass is 863 g/mol. The number of unbranched alkanes of at least 4 members (excludes halogenated alkanes) is 2. The lowest BCUT2D eigenvalue weighted by Gasteiger charge is -2.31. The SMILES string of the molecule is C=CCOC(=O)N1C[C@@H]2CC(c3ccc(OC)cc3)=CN2C(=O)c2cc(OC)c(OCCCCCOc3cc4c(cc3OC)C(=O)C3[C@@H](C[C@@H]5C[C@H]35)C(O)N4C(=O)OCC=C)cc21. The first-order valence-corrected chi connectivity index (χ1v) is 21.3. The van der Waals surface area contributed by atoms with Crippen LogP contribution in [0.5, 0.6) is 28.7 Å². The molecule has 2 aliphatic carbocycles. The number of anilines is 2. The van der Waals surface area contributed by atoms with Gasteiger partial charge in [-0.05, 0) is 85.8 Å². The molecular formula is C48H53N3O12. The molecule has 3 aromatic carbocycles. The molecule has 3 aromatic rings. The number of benzene rings is 3. The molecule has 15 heteroatoms. The van der Waals surface area contributed by atoms with Crippen LogP contribution in [0.2, 0.25) is 0 Å². The van der Waals surface area contributed by atoms with Crippen molar-refractivity contribution in [2.45, 2.75) is 50.8 Å². The topological polar surface area (TPSA) is 163 Å². The van der Waals surface area contributed by atoms with Crippen LogP contribution in [0.3, 0.4) is 0 Å². The summed E-state index contributed by atoms with van der Waals surface area (Å²) in [6, 6.07) is 13.7. The van der Waals surface area contributed by atoms with Gasteiger partial charge >= 0.3 is 12.2 Å². The van der Waals surface area contributed by atoms with Crippen molar-refractivity contribution in [3.63, 3.8) is 0 Å². The number of Topliss-reactive ketones (excluding diaryl/α,β-unsaturated/α-hetero) is 1. The zero-order valence-electron chi connectivity index (χ0n) is 35.8. The third-order valence-corrected chi connectivity index (χ3v) is 12.6. The molecule has 0 spiro atoms. The smallest absolute Gasteiger partial charge is 0.416 e. The zero-order chi connectivity index (χ0) is 44.4. The van der Waals surface area contributed by atoms with E-state index < -0.39 is 24.3 Å². The molecule has 0 radical (unpaired) electrons. The molecule has 0 aromatic heterocycles. The minimum Gasteiger partial charge on any atom is -0.497 e. The molecule has 15 nitrogen and oxygen atoms in total. The fourth-order valence-electron chi connectivity index (χ4n) is 9.47. The van der Waals surface area contributed by atoms with E-state index in [1.807, 2.05) is 30.5 Å². The summed E-state index contributed by atoms with van der Waals surface area (Å²) >= 11 is 0. The zero-order valence-corrected chi connectivity index (χ0v) is 35.8. The molecule has 5 aliphatic rings. The van der Waals surface area contributed by atoms with Gasteiger partial charge in [0.25, 0.3) is 5.91 Å². The van der Waals surface area contributed by atoms with Crippen LogP contribution in [0, 0.1) is 23.7 Å². The highest BCUT2D eigenvalue weighted by Crippen LogP contribution is 2.61. The maximum atomic E-state index is 14.2. The van der Waals surface area contributed by atoms with Gasteiger partial charge in [-0.1, -0.05) is 37.4 Å². The molecular weight excluding hydrogens is 811 g/mol. The number of ketones is 1. The van der Waals surface area contributed by atoms with Crippen molar-refractivity contribution in [3.8, 4) is 28.7 Å². The summed E-state index contributed by atoms with van der Waals surface area (Å²) in [5, 5.41) is 11.6. The Bertz CT molecular complexity index is 2310. The Morgan fingerprint density at radius 1 is 0.762 bits per heavy atom. The van der Waals surface area contributed by atoms with Gasteiger partial charge in [-0.3, -0.25) is 19.4 Å². The summed E-state index contributed by atoms with van der Waals surface area (Å²) in [4.78, 5) is 59.5. The molecule has 0 saturated heterocycles. The van der Waals surface area contributed by atoms with Crippen molar-refractivity contribution in [1.82, 2.24) is 4.90 Å². The quantitative estimate of drug-likeness (QED) is 0.111. The van der Waals surface area contributed by atoms with Crippen LogP contribution in [0.4, 0.5) is 21.0 Å². The third kappa shape index (κ3) is 8.41. The summed E-state index contributed by atoms with van der Waals surface area (Å²) in [7, 11) is 4.59. The summed E-state index contributed by atoms with van der Waals surface area (Å²) in [5.74, 6) is 1.47. The van der Waals surface area contributed by atoms with Crippen LogP contribution in [-0.4, -0.2) is 100 Å². The van der Waals surface area contributed by atoms with Crippen molar-refractivity contribution in [1.29, 1.82) is 0 Å². The van der Waals surface area contributed by atoms with Crippen molar-refractivity contribution in [2.75, 3.05) is 64.1 Å². The first-order chi connectivity index (χ1) is 30.6. The number of hydrogen-bond donors (Lipinski definition) is 1. The summed E-state index contributed by atoms with van der Waals surface area (Å²) < 4.78 is 40.0. The number of amides is 3. The second kappa shape index (κ2) is 18.5. The average molecular weight is 864 g/mol. The molecule has 3 amide bonds. The van der Waals surface area contributed by atoms with Crippen LogP contribution in [0.1, 0.15) is 64.8 Å². The van der Waals surface area contributed by atoms with E-state index in [0.29, 0.717) is 73.3 Å². The van der Waals surface area contributed by atoms with E-state index in [1.165, 1.54) is 36.2 Å². The van der Waals surface area contributed by atoms with Crippen LogP contribution < -0.4 is 33.5 Å². The van der Waals surface area contributed by atoms with Crippen LogP contribution in [0.25, 0.3) is 5.57 Å². The number of rotatable bonds is 16. The molecule has 3 aliphatic heterocycles. The van der Waals surface area contributed by atoms with Gasteiger partial charge in [-0.25, -0.2) is 9.59 Å². The minimum absolute atomic E-state index is 0.00162. The van der Waals surface area contributed by atoms with Gasteiger partial charge < -0.3 is 43.2 Å². The molecule has 1 N–H and O–H groups in total. The summed E-state index contributed by atoms with van der Waals surface area (Å²) in [6.45, 7) is 7.99. The third-order valence-electron chi connectivity index (χ3n) is 12.6.